The molecule has 18 heavy (non-hydrogen) atoms. The zero-order valence-corrected chi connectivity index (χ0v) is 14.6. The minimum Gasteiger partial charge on any atom is -0.374 e. The molecule has 0 heterocycles. The lowest BCUT2D eigenvalue weighted by Gasteiger charge is -2.36. The fourth-order valence-electron chi connectivity index (χ4n) is 1.57. The monoisotopic (exact) mass is 269 g/mol. The van der Waals surface area contributed by atoms with Crippen molar-refractivity contribution in [2.24, 2.45) is 0 Å². The first-order valence-electron chi connectivity index (χ1n) is 6.70. The maximum absolute atomic E-state index is 4.28. The molecule has 0 aliphatic rings. The smallest absolute Gasteiger partial charge is 0.0311 e. The largest absolute Gasteiger partial charge is 0.374 e. The van der Waals surface area contributed by atoms with Crippen molar-refractivity contribution >= 4 is 7.92 Å². The third-order valence-corrected chi connectivity index (χ3v) is 6.85. The molecule has 0 fully saturated rings. The highest BCUT2D eigenvalue weighted by Crippen LogP contribution is 2.53. The van der Waals surface area contributed by atoms with Crippen molar-refractivity contribution in [3.63, 3.8) is 0 Å². The summed E-state index contributed by atoms with van der Waals surface area (Å²) in [4.78, 5) is 2.27. The molecule has 0 aliphatic carbocycles. The highest BCUT2D eigenvalue weighted by Gasteiger charge is 2.23. The van der Waals surface area contributed by atoms with E-state index in [1.54, 1.807) is 0 Å². The topological polar surface area (TPSA) is 3.24 Å². The molecule has 0 amide bonds. The van der Waals surface area contributed by atoms with Crippen molar-refractivity contribution in [1.82, 2.24) is 4.90 Å². The maximum Gasteiger partial charge on any atom is 0.0311 e. The van der Waals surface area contributed by atoms with Crippen LogP contribution in [0.2, 0.25) is 0 Å². The number of rotatable bonds is 5. The Kier molecular flexibility index (Phi) is 6.14. The van der Waals surface area contributed by atoms with Crippen LogP contribution in [-0.4, -0.2) is 29.3 Å². The molecule has 0 rings (SSSR count). The predicted molar refractivity (Wildman–Crippen MR) is 87.6 cm³/mol. The third-order valence-electron chi connectivity index (χ3n) is 3.66. The average Bonchev–Trinajstić information content (AvgIpc) is 2.20. The summed E-state index contributed by atoms with van der Waals surface area (Å²) >= 11 is 0. The Morgan fingerprint density at radius 3 is 1.78 bits per heavy atom. The van der Waals surface area contributed by atoms with E-state index in [0.29, 0.717) is 5.16 Å². The van der Waals surface area contributed by atoms with E-state index in [2.05, 4.69) is 73.3 Å². The molecule has 1 nitrogen and oxygen atoms in total. The molecule has 0 aromatic carbocycles. The Balaban J connectivity index is 4.36. The fourth-order valence-corrected chi connectivity index (χ4v) is 2.97. The van der Waals surface area contributed by atoms with Crippen LogP contribution >= 0.6 is 7.92 Å². The normalized spacial score (nSPS) is 14.2. The van der Waals surface area contributed by atoms with Gasteiger partial charge in [-0.25, -0.2) is 0 Å². The van der Waals surface area contributed by atoms with Crippen LogP contribution in [0.25, 0.3) is 0 Å². The minimum atomic E-state index is -0.115. The van der Waals surface area contributed by atoms with E-state index in [-0.39, 0.29) is 13.5 Å². The highest BCUT2D eigenvalue weighted by molar-refractivity contribution is 7.62. The second-order valence-electron chi connectivity index (χ2n) is 7.09. The van der Waals surface area contributed by atoms with Crippen LogP contribution in [0.5, 0.6) is 0 Å². The lowest BCUT2D eigenvalue weighted by molar-refractivity contribution is 0.222. The van der Waals surface area contributed by atoms with Gasteiger partial charge in [-0.1, -0.05) is 47.2 Å². The van der Waals surface area contributed by atoms with E-state index < -0.39 is 0 Å². The van der Waals surface area contributed by atoms with E-state index >= 15 is 0 Å². The molecule has 0 saturated carbocycles. The van der Waals surface area contributed by atoms with Crippen LogP contribution < -0.4 is 0 Å². The van der Waals surface area contributed by atoms with Gasteiger partial charge in [-0.3, -0.25) is 0 Å². The first-order valence-corrected chi connectivity index (χ1v) is 8.49. The summed E-state index contributed by atoms with van der Waals surface area (Å²) in [6.45, 7) is 24.4. The molecule has 0 spiro atoms. The SMILES string of the molecule is C=C(CCC(=C)P(C)C(C)(C)C)N(C)C(C)(C)C. The fraction of sp³-hybridized carbons (Fsp3) is 0.750. The van der Waals surface area contributed by atoms with Crippen molar-refractivity contribution in [3.8, 4) is 0 Å². The zero-order chi connectivity index (χ0) is 14.7. The van der Waals surface area contributed by atoms with Gasteiger partial charge in [0.15, 0.2) is 0 Å². The molecular weight excluding hydrogens is 237 g/mol. The standard InChI is InChI=1S/C16H32NP/c1-13(17(9)15(3,4)5)11-12-14(2)18(10)16(6,7)8/h1-2,11-12H2,3-10H3. The van der Waals surface area contributed by atoms with Gasteiger partial charge < -0.3 is 4.90 Å². The highest BCUT2D eigenvalue weighted by atomic mass is 31.1. The molecule has 2 heteroatoms. The van der Waals surface area contributed by atoms with Crippen molar-refractivity contribution in [2.75, 3.05) is 13.7 Å². The quantitative estimate of drug-likeness (QED) is 0.601. The molecule has 0 aromatic rings. The van der Waals surface area contributed by atoms with Crippen molar-refractivity contribution < 1.29 is 0 Å². The van der Waals surface area contributed by atoms with Gasteiger partial charge in [0.05, 0.1) is 0 Å². The van der Waals surface area contributed by atoms with E-state index in [1.807, 2.05) is 0 Å². The molecule has 0 N–H and O–H groups in total. The van der Waals surface area contributed by atoms with Gasteiger partial charge in [0.1, 0.15) is 0 Å². The van der Waals surface area contributed by atoms with Crippen LogP contribution in [-0.2, 0) is 0 Å². The second kappa shape index (κ2) is 6.24. The Morgan fingerprint density at radius 1 is 1.00 bits per heavy atom. The number of nitrogens with zero attached hydrogens (tertiary/aromatic N) is 1. The molecule has 0 saturated heterocycles. The molecule has 1 atom stereocenters. The van der Waals surface area contributed by atoms with Crippen LogP contribution in [0.3, 0.4) is 0 Å². The zero-order valence-electron chi connectivity index (χ0n) is 13.7. The van der Waals surface area contributed by atoms with Crippen molar-refractivity contribution in [3.05, 3.63) is 24.2 Å². The molecule has 0 aliphatic heterocycles. The third kappa shape index (κ3) is 5.57. The van der Waals surface area contributed by atoms with E-state index in [9.17, 15) is 0 Å². The van der Waals surface area contributed by atoms with Crippen LogP contribution in [0.1, 0.15) is 54.4 Å². The number of allylic oxidation sites excluding steroid dienone is 2. The van der Waals surface area contributed by atoms with Gasteiger partial charge in [-0.2, -0.15) is 0 Å². The molecule has 106 valence electrons. The summed E-state index contributed by atoms with van der Waals surface area (Å²) < 4.78 is 0. The summed E-state index contributed by atoms with van der Waals surface area (Å²) in [5.41, 5.74) is 1.36. The predicted octanol–water partition coefficient (Wildman–Crippen LogP) is 5.43. The first kappa shape index (κ1) is 17.7. The van der Waals surface area contributed by atoms with Crippen LogP contribution in [0.4, 0.5) is 0 Å². The van der Waals surface area contributed by atoms with Gasteiger partial charge in [0, 0.05) is 18.3 Å². The lowest BCUT2D eigenvalue weighted by Crippen LogP contribution is -2.36. The summed E-state index contributed by atoms with van der Waals surface area (Å²) in [7, 11) is 2.01. The number of hydrogen-bond donors (Lipinski definition) is 0. The van der Waals surface area contributed by atoms with Gasteiger partial charge >= 0.3 is 0 Å². The number of hydrogen-bond acceptors (Lipinski definition) is 1. The average molecular weight is 269 g/mol. The molecule has 0 bridgehead atoms. The lowest BCUT2D eigenvalue weighted by atomic mass is 10.1. The maximum atomic E-state index is 4.28. The Hall–Kier alpha value is -0.290. The van der Waals surface area contributed by atoms with Gasteiger partial charge in [0.25, 0.3) is 0 Å². The van der Waals surface area contributed by atoms with Crippen molar-refractivity contribution in [1.29, 1.82) is 0 Å². The molecular formula is C16H32NP. The Morgan fingerprint density at radius 2 is 1.44 bits per heavy atom. The minimum absolute atomic E-state index is 0.115. The van der Waals surface area contributed by atoms with E-state index in [1.165, 1.54) is 11.0 Å². The second-order valence-corrected chi connectivity index (χ2v) is 10.2. The summed E-state index contributed by atoms with van der Waals surface area (Å²) in [6.07, 6.45) is 2.09. The van der Waals surface area contributed by atoms with Gasteiger partial charge in [-0.15, -0.1) is 0 Å². The van der Waals surface area contributed by atoms with E-state index in [4.69, 9.17) is 0 Å². The van der Waals surface area contributed by atoms with Crippen LogP contribution in [0.15, 0.2) is 24.2 Å². The van der Waals surface area contributed by atoms with Gasteiger partial charge in [-0.05, 0) is 45.4 Å². The Bertz CT molecular complexity index is 272. The Labute approximate surface area is 116 Å². The molecule has 0 aromatic heterocycles. The van der Waals surface area contributed by atoms with Crippen LogP contribution in [0, 0.1) is 0 Å². The molecule has 0 radical (unpaired) electrons. The first-order chi connectivity index (χ1) is 7.87. The summed E-state index contributed by atoms with van der Waals surface area (Å²) in [5, 5.41) is 1.77. The van der Waals surface area contributed by atoms with Crippen molar-refractivity contribution in [2.45, 2.75) is 65.1 Å². The van der Waals surface area contributed by atoms with E-state index in [0.717, 1.165) is 12.8 Å². The summed E-state index contributed by atoms with van der Waals surface area (Å²) in [6, 6.07) is 0. The van der Waals surface area contributed by atoms with Gasteiger partial charge in [0.2, 0.25) is 0 Å². The summed E-state index contributed by atoms with van der Waals surface area (Å²) in [5.74, 6) is 0. The molecule has 1 unspecified atom stereocenters.